The Morgan fingerprint density at radius 2 is 2.05 bits per heavy atom. The molecular formula is C15H26N4O. The summed E-state index contributed by atoms with van der Waals surface area (Å²) in [7, 11) is 0. The molecule has 1 aromatic rings. The average Bonchev–Trinajstić information content (AvgIpc) is 2.93. The number of carbonyl (C=O) groups excluding carboxylic acids is 1. The Morgan fingerprint density at radius 3 is 2.65 bits per heavy atom. The van der Waals surface area contributed by atoms with E-state index in [2.05, 4.69) is 23.9 Å². The second-order valence-corrected chi connectivity index (χ2v) is 5.94. The van der Waals surface area contributed by atoms with Gasteiger partial charge >= 0.3 is 0 Å². The lowest BCUT2D eigenvalue weighted by Crippen LogP contribution is -2.37. The standard InChI is InChI=1S/C15H26N4O/c1-4-15(5-2)7-6-9-18(10-8-15)14(20)13(3)19-12-16-11-17-19/h11-13H,4-10H2,1-3H3/t13-/m0/s1. The Balaban J connectivity index is 2.01. The monoisotopic (exact) mass is 278 g/mol. The molecule has 0 aliphatic carbocycles. The van der Waals surface area contributed by atoms with Crippen molar-refractivity contribution in [2.45, 2.75) is 58.9 Å². The Hall–Kier alpha value is -1.39. The van der Waals surface area contributed by atoms with E-state index in [1.54, 1.807) is 11.0 Å². The van der Waals surface area contributed by atoms with Crippen LogP contribution in [-0.2, 0) is 4.79 Å². The number of carbonyl (C=O) groups is 1. The van der Waals surface area contributed by atoms with Crippen molar-refractivity contribution in [3.63, 3.8) is 0 Å². The van der Waals surface area contributed by atoms with Crippen LogP contribution in [0.2, 0.25) is 0 Å². The third-order valence-corrected chi connectivity index (χ3v) is 5.05. The molecule has 1 aliphatic heterocycles. The number of likely N-dealkylation sites (tertiary alicyclic amines) is 1. The second kappa shape index (κ2) is 6.37. The van der Waals surface area contributed by atoms with E-state index in [9.17, 15) is 4.79 Å². The largest absolute Gasteiger partial charge is 0.341 e. The molecule has 0 N–H and O–H groups in total. The van der Waals surface area contributed by atoms with Gasteiger partial charge in [0.05, 0.1) is 0 Å². The summed E-state index contributed by atoms with van der Waals surface area (Å²) in [5.74, 6) is 0.165. The van der Waals surface area contributed by atoms with Gasteiger partial charge in [-0.25, -0.2) is 9.67 Å². The van der Waals surface area contributed by atoms with Crippen LogP contribution in [0.15, 0.2) is 12.7 Å². The van der Waals surface area contributed by atoms with Gasteiger partial charge in [-0.3, -0.25) is 4.79 Å². The Kier molecular flexibility index (Phi) is 4.78. The van der Waals surface area contributed by atoms with Crippen molar-refractivity contribution in [3.05, 3.63) is 12.7 Å². The Labute approximate surface area is 121 Å². The molecule has 20 heavy (non-hydrogen) atoms. The van der Waals surface area contributed by atoms with E-state index in [4.69, 9.17) is 0 Å². The third kappa shape index (κ3) is 3.02. The summed E-state index contributed by atoms with van der Waals surface area (Å²) >= 11 is 0. The van der Waals surface area contributed by atoms with Gasteiger partial charge in [-0.1, -0.05) is 26.7 Å². The van der Waals surface area contributed by atoms with Crippen LogP contribution >= 0.6 is 0 Å². The quantitative estimate of drug-likeness (QED) is 0.850. The zero-order chi connectivity index (χ0) is 14.6. The van der Waals surface area contributed by atoms with Crippen molar-refractivity contribution in [2.75, 3.05) is 13.1 Å². The van der Waals surface area contributed by atoms with E-state index in [0.29, 0.717) is 5.41 Å². The van der Waals surface area contributed by atoms with E-state index in [-0.39, 0.29) is 11.9 Å². The summed E-state index contributed by atoms with van der Waals surface area (Å²) in [4.78, 5) is 18.5. The van der Waals surface area contributed by atoms with Crippen molar-refractivity contribution in [2.24, 2.45) is 5.41 Å². The molecule has 5 nitrogen and oxygen atoms in total. The lowest BCUT2D eigenvalue weighted by atomic mass is 9.76. The number of amides is 1. The first-order valence-electron chi connectivity index (χ1n) is 7.75. The maximum absolute atomic E-state index is 12.6. The van der Waals surface area contributed by atoms with Crippen LogP contribution in [-0.4, -0.2) is 38.7 Å². The average molecular weight is 278 g/mol. The Morgan fingerprint density at radius 1 is 1.30 bits per heavy atom. The number of aromatic nitrogens is 3. The minimum absolute atomic E-state index is 0.165. The lowest BCUT2D eigenvalue weighted by Gasteiger charge is -2.30. The zero-order valence-corrected chi connectivity index (χ0v) is 12.9. The van der Waals surface area contributed by atoms with Gasteiger partial charge in [-0.2, -0.15) is 5.10 Å². The van der Waals surface area contributed by atoms with Crippen molar-refractivity contribution in [1.29, 1.82) is 0 Å². The summed E-state index contributed by atoms with van der Waals surface area (Å²) in [5.41, 5.74) is 0.436. The molecule has 1 amide bonds. The van der Waals surface area contributed by atoms with Gasteiger partial charge in [-0.05, 0) is 31.6 Å². The molecule has 1 fully saturated rings. The van der Waals surface area contributed by atoms with Gasteiger partial charge in [0, 0.05) is 13.1 Å². The highest BCUT2D eigenvalue weighted by Crippen LogP contribution is 2.38. The summed E-state index contributed by atoms with van der Waals surface area (Å²) in [5, 5.41) is 4.07. The van der Waals surface area contributed by atoms with Crippen LogP contribution < -0.4 is 0 Å². The molecule has 0 aromatic carbocycles. The SMILES string of the molecule is CCC1(CC)CCCN(C(=O)[C@H](C)n2cncn2)CC1. The fraction of sp³-hybridized carbons (Fsp3) is 0.800. The maximum Gasteiger partial charge on any atom is 0.247 e. The van der Waals surface area contributed by atoms with E-state index in [1.165, 1.54) is 25.6 Å². The van der Waals surface area contributed by atoms with Gasteiger partial charge in [0.15, 0.2) is 0 Å². The fourth-order valence-corrected chi connectivity index (χ4v) is 3.23. The summed E-state index contributed by atoms with van der Waals surface area (Å²) < 4.78 is 1.64. The molecule has 112 valence electrons. The highest BCUT2D eigenvalue weighted by molar-refractivity contribution is 5.79. The van der Waals surface area contributed by atoms with Gasteiger partial charge in [-0.15, -0.1) is 0 Å². The first kappa shape index (κ1) is 15.0. The third-order valence-electron chi connectivity index (χ3n) is 5.05. The van der Waals surface area contributed by atoms with E-state index < -0.39 is 0 Å². The molecule has 1 aromatic heterocycles. The van der Waals surface area contributed by atoms with Crippen LogP contribution in [0.25, 0.3) is 0 Å². The predicted molar refractivity (Wildman–Crippen MR) is 78.2 cm³/mol. The zero-order valence-electron chi connectivity index (χ0n) is 12.9. The number of hydrogen-bond donors (Lipinski definition) is 0. The molecule has 0 spiro atoms. The first-order valence-corrected chi connectivity index (χ1v) is 7.75. The van der Waals surface area contributed by atoms with Crippen molar-refractivity contribution >= 4 is 5.91 Å². The number of rotatable bonds is 4. The first-order chi connectivity index (χ1) is 9.62. The van der Waals surface area contributed by atoms with Crippen LogP contribution in [0.5, 0.6) is 0 Å². The molecule has 1 saturated heterocycles. The van der Waals surface area contributed by atoms with Gasteiger partial charge < -0.3 is 4.90 Å². The van der Waals surface area contributed by atoms with Crippen molar-refractivity contribution in [1.82, 2.24) is 19.7 Å². The normalized spacial score (nSPS) is 20.4. The minimum atomic E-state index is -0.256. The van der Waals surface area contributed by atoms with Crippen LogP contribution in [0, 0.1) is 5.41 Å². The predicted octanol–water partition coefficient (Wildman–Crippen LogP) is 2.66. The summed E-state index contributed by atoms with van der Waals surface area (Å²) in [6.45, 7) is 8.20. The van der Waals surface area contributed by atoms with Crippen molar-refractivity contribution in [3.8, 4) is 0 Å². The van der Waals surface area contributed by atoms with E-state index in [0.717, 1.165) is 25.9 Å². The second-order valence-electron chi connectivity index (χ2n) is 5.94. The molecule has 0 radical (unpaired) electrons. The molecule has 5 heteroatoms. The highest BCUT2D eigenvalue weighted by Gasteiger charge is 2.32. The minimum Gasteiger partial charge on any atom is -0.341 e. The molecule has 1 atom stereocenters. The van der Waals surface area contributed by atoms with E-state index in [1.807, 2.05) is 11.8 Å². The van der Waals surface area contributed by atoms with Gasteiger partial charge in [0.25, 0.3) is 0 Å². The molecular weight excluding hydrogens is 252 g/mol. The van der Waals surface area contributed by atoms with E-state index >= 15 is 0 Å². The summed E-state index contributed by atoms with van der Waals surface area (Å²) in [6.07, 6.45) is 8.98. The van der Waals surface area contributed by atoms with Gasteiger partial charge in [0.2, 0.25) is 5.91 Å². The topological polar surface area (TPSA) is 51.0 Å². The maximum atomic E-state index is 12.6. The van der Waals surface area contributed by atoms with Gasteiger partial charge in [0.1, 0.15) is 18.7 Å². The number of nitrogens with zero attached hydrogens (tertiary/aromatic N) is 4. The van der Waals surface area contributed by atoms with Crippen LogP contribution in [0.4, 0.5) is 0 Å². The summed E-state index contributed by atoms with van der Waals surface area (Å²) in [6, 6.07) is -0.256. The smallest absolute Gasteiger partial charge is 0.247 e. The molecule has 2 heterocycles. The van der Waals surface area contributed by atoms with Crippen molar-refractivity contribution < 1.29 is 4.79 Å². The molecule has 2 rings (SSSR count). The highest BCUT2D eigenvalue weighted by atomic mass is 16.2. The molecule has 1 aliphatic rings. The van der Waals surface area contributed by atoms with Crippen LogP contribution in [0.3, 0.4) is 0 Å². The fourth-order valence-electron chi connectivity index (χ4n) is 3.23. The van der Waals surface area contributed by atoms with Crippen LogP contribution in [0.1, 0.15) is 58.9 Å². The lowest BCUT2D eigenvalue weighted by molar-refractivity contribution is -0.134. The Bertz CT molecular complexity index is 425. The molecule has 0 saturated carbocycles. The number of hydrogen-bond acceptors (Lipinski definition) is 3. The molecule has 0 bridgehead atoms. The molecule has 0 unspecified atom stereocenters.